The molecular formula is C24H25NO4. The van der Waals surface area contributed by atoms with Crippen LogP contribution in [0.25, 0.3) is 11.0 Å². The van der Waals surface area contributed by atoms with Crippen LogP contribution in [0.5, 0.6) is 0 Å². The Kier molecular flexibility index (Phi) is 5.01. The maximum atomic E-state index is 13.4. The van der Waals surface area contributed by atoms with Crippen LogP contribution in [0.2, 0.25) is 0 Å². The zero-order chi connectivity index (χ0) is 20.7. The maximum Gasteiger partial charge on any atom is 0.290 e. The smallest absolute Gasteiger partial charge is 0.290 e. The summed E-state index contributed by atoms with van der Waals surface area (Å²) < 4.78 is 5.92. The third-order valence-electron chi connectivity index (χ3n) is 5.60. The zero-order valence-electron chi connectivity index (χ0n) is 16.9. The second kappa shape index (κ2) is 7.48. The van der Waals surface area contributed by atoms with Crippen LogP contribution in [-0.4, -0.2) is 29.1 Å². The fourth-order valence-corrected chi connectivity index (χ4v) is 4.02. The average Bonchev–Trinajstić information content (AvgIpc) is 2.99. The van der Waals surface area contributed by atoms with Crippen molar-refractivity contribution in [1.29, 1.82) is 0 Å². The number of hydrogen-bond donors (Lipinski definition) is 1. The minimum absolute atomic E-state index is 0.0261. The second-order valence-corrected chi connectivity index (χ2v) is 7.97. The predicted molar refractivity (Wildman–Crippen MR) is 112 cm³/mol. The molecule has 1 amide bonds. The molecule has 0 saturated carbocycles. The van der Waals surface area contributed by atoms with E-state index in [0.29, 0.717) is 35.4 Å². The Morgan fingerprint density at radius 3 is 2.48 bits per heavy atom. The minimum atomic E-state index is -0.508. The first-order valence-electron chi connectivity index (χ1n) is 10.0. The molecule has 3 aromatic rings. The first-order valence-corrected chi connectivity index (χ1v) is 10.0. The number of rotatable bonds is 5. The SMILES string of the molecule is Cc1ccc2oc3c(c(=O)c2c1)[C@H](c1ccc(C(C)C)cc1)N(CCCO)C3=O. The van der Waals surface area contributed by atoms with Gasteiger partial charge in [0.25, 0.3) is 5.91 Å². The first-order chi connectivity index (χ1) is 13.9. The normalized spacial score (nSPS) is 16.1. The Morgan fingerprint density at radius 2 is 1.83 bits per heavy atom. The summed E-state index contributed by atoms with van der Waals surface area (Å²) >= 11 is 0. The monoisotopic (exact) mass is 391 g/mol. The van der Waals surface area contributed by atoms with E-state index in [-0.39, 0.29) is 23.7 Å². The Hall–Kier alpha value is -2.92. The Morgan fingerprint density at radius 1 is 1.10 bits per heavy atom. The van der Waals surface area contributed by atoms with Gasteiger partial charge >= 0.3 is 0 Å². The van der Waals surface area contributed by atoms with Gasteiger partial charge in [-0.25, -0.2) is 0 Å². The van der Waals surface area contributed by atoms with E-state index >= 15 is 0 Å². The van der Waals surface area contributed by atoms with Crippen LogP contribution in [0.3, 0.4) is 0 Å². The molecule has 0 bridgehead atoms. The topological polar surface area (TPSA) is 70.8 Å². The molecule has 1 aliphatic rings. The van der Waals surface area contributed by atoms with Crippen LogP contribution in [0.1, 0.15) is 65.0 Å². The molecule has 2 heterocycles. The van der Waals surface area contributed by atoms with Crippen molar-refractivity contribution in [1.82, 2.24) is 4.90 Å². The average molecular weight is 391 g/mol. The lowest BCUT2D eigenvalue weighted by Crippen LogP contribution is -2.31. The van der Waals surface area contributed by atoms with Crippen molar-refractivity contribution in [3.05, 3.63) is 80.7 Å². The standard InChI is InChI=1S/C24H25NO4/c1-14(2)16-6-8-17(9-7-16)21-20-22(27)18-13-15(3)5-10-19(18)29-23(20)24(28)25(21)11-4-12-26/h5-10,13-14,21,26H,4,11-12H2,1-3H3/t21-/m0/s1. The summed E-state index contributed by atoms with van der Waals surface area (Å²) in [5.74, 6) is 0.206. The van der Waals surface area contributed by atoms with E-state index < -0.39 is 6.04 Å². The number of aryl methyl sites for hydroxylation is 1. The minimum Gasteiger partial charge on any atom is -0.450 e. The molecule has 0 spiro atoms. The van der Waals surface area contributed by atoms with Crippen molar-refractivity contribution in [3.63, 3.8) is 0 Å². The van der Waals surface area contributed by atoms with E-state index in [1.807, 2.05) is 37.3 Å². The molecule has 0 saturated heterocycles. The molecule has 0 aliphatic carbocycles. The Bertz CT molecular complexity index is 1130. The van der Waals surface area contributed by atoms with Gasteiger partial charge in [-0.3, -0.25) is 9.59 Å². The van der Waals surface area contributed by atoms with Crippen LogP contribution < -0.4 is 5.43 Å². The van der Waals surface area contributed by atoms with Crippen LogP contribution >= 0.6 is 0 Å². The molecule has 5 nitrogen and oxygen atoms in total. The Balaban J connectivity index is 1.92. The molecule has 5 heteroatoms. The summed E-state index contributed by atoms with van der Waals surface area (Å²) in [6, 6.07) is 12.9. The van der Waals surface area contributed by atoms with Gasteiger partial charge in [0.15, 0.2) is 5.43 Å². The lowest BCUT2D eigenvalue weighted by molar-refractivity contribution is 0.0716. The van der Waals surface area contributed by atoms with Gasteiger partial charge in [-0.05, 0) is 42.5 Å². The summed E-state index contributed by atoms with van der Waals surface area (Å²) in [5.41, 5.74) is 3.68. The van der Waals surface area contributed by atoms with Crippen LogP contribution in [0, 0.1) is 6.92 Å². The molecule has 150 valence electrons. The molecule has 1 aliphatic heterocycles. The van der Waals surface area contributed by atoms with E-state index in [9.17, 15) is 14.7 Å². The molecule has 4 rings (SSSR count). The molecule has 1 aromatic heterocycles. The second-order valence-electron chi connectivity index (χ2n) is 7.97. The molecular weight excluding hydrogens is 366 g/mol. The highest BCUT2D eigenvalue weighted by atomic mass is 16.3. The lowest BCUT2D eigenvalue weighted by atomic mass is 9.95. The number of carbonyl (C=O) groups excluding carboxylic acids is 1. The molecule has 0 radical (unpaired) electrons. The van der Waals surface area contributed by atoms with Crippen molar-refractivity contribution in [2.45, 2.75) is 39.2 Å². The summed E-state index contributed by atoms with van der Waals surface area (Å²) in [6.07, 6.45) is 0.438. The van der Waals surface area contributed by atoms with Gasteiger partial charge in [0, 0.05) is 13.2 Å². The Labute approximate surface area is 169 Å². The van der Waals surface area contributed by atoms with Crippen molar-refractivity contribution < 1.29 is 14.3 Å². The summed E-state index contributed by atoms with van der Waals surface area (Å²) in [4.78, 5) is 28.2. The number of fused-ring (bicyclic) bond motifs is 2. The molecule has 2 aromatic carbocycles. The third kappa shape index (κ3) is 3.25. The zero-order valence-corrected chi connectivity index (χ0v) is 16.9. The highest BCUT2D eigenvalue weighted by molar-refractivity contribution is 5.99. The number of carbonyl (C=O) groups is 1. The van der Waals surface area contributed by atoms with Gasteiger partial charge < -0.3 is 14.4 Å². The van der Waals surface area contributed by atoms with Crippen molar-refractivity contribution in [2.75, 3.05) is 13.2 Å². The third-order valence-corrected chi connectivity index (χ3v) is 5.60. The molecule has 1 N–H and O–H groups in total. The van der Waals surface area contributed by atoms with Crippen molar-refractivity contribution in [2.24, 2.45) is 0 Å². The first kappa shape index (κ1) is 19.4. The number of amides is 1. The van der Waals surface area contributed by atoms with E-state index in [0.717, 1.165) is 11.1 Å². The van der Waals surface area contributed by atoms with Gasteiger partial charge in [0.05, 0.1) is 17.0 Å². The number of aliphatic hydroxyl groups excluding tert-OH is 1. The highest BCUT2D eigenvalue weighted by Crippen LogP contribution is 2.38. The van der Waals surface area contributed by atoms with E-state index in [1.165, 1.54) is 5.56 Å². The van der Waals surface area contributed by atoms with Crippen molar-refractivity contribution in [3.8, 4) is 0 Å². The van der Waals surface area contributed by atoms with Gasteiger partial charge in [0.1, 0.15) is 5.58 Å². The van der Waals surface area contributed by atoms with E-state index in [2.05, 4.69) is 13.8 Å². The fourth-order valence-electron chi connectivity index (χ4n) is 4.02. The summed E-state index contributed by atoms with van der Waals surface area (Å²) in [5, 5.41) is 9.79. The number of aliphatic hydroxyl groups is 1. The molecule has 0 fully saturated rings. The van der Waals surface area contributed by atoms with E-state index in [4.69, 9.17) is 4.42 Å². The highest BCUT2D eigenvalue weighted by Gasteiger charge is 2.42. The van der Waals surface area contributed by atoms with Crippen LogP contribution in [-0.2, 0) is 0 Å². The molecule has 29 heavy (non-hydrogen) atoms. The van der Waals surface area contributed by atoms with Crippen molar-refractivity contribution >= 4 is 16.9 Å². The predicted octanol–water partition coefficient (Wildman–Crippen LogP) is 4.15. The lowest BCUT2D eigenvalue weighted by Gasteiger charge is -2.25. The van der Waals surface area contributed by atoms with Gasteiger partial charge in [-0.2, -0.15) is 0 Å². The molecule has 0 unspecified atom stereocenters. The summed E-state index contributed by atoms with van der Waals surface area (Å²) in [6.45, 7) is 6.50. The number of benzene rings is 2. The van der Waals surface area contributed by atoms with E-state index in [1.54, 1.807) is 17.0 Å². The van der Waals surface area contributed by atoms with Gasteiger partial charge in [-0.1, -0.05) is 49.7 Å². The van der Waals surface area contributed by atoms with Gasteiger partial charge in [0.2, 0.25) is 5.76 Å². The molecule has 1 atom stereocenters. The van der Waals surface area contributed by atoms with Gasteiger partial charge in [-0.15, -0.1) is 0 Å². The number of hydrogen-bond acceptors (Lipinski definition) is 4. The van der Waals surface area contributed by atoms with Crippen LogP contribution in [0.15, 0.2) is 51.7 Å². The quantitative estimate of drug-likeness (QED) is 0.709. The summed E-state index contributed by atoms with van der Waals surface area (Å²) in [7, 11) is 0. The largest absolute Gasteiger partial charge is 0.450 e. The fraction of sp³-hybridized carbons (Fsp3) is 0.333. The van der Waals surface area contributed by atoms with Crippen LogP contribution in [0.4, 0.5) is 0 Å². The number of nitrogens with zero attached hydrogens (tertiary/aromatic N) is 1. The maximum absolute atomic E-state index is 13.4.